The minimum absolute atomic E-state index is 0.322. The van der Waals surface area contributed by atoms with Gasteiger partial charge in [0, 0.05) is 5.57 Å². The van der Waals surface area contributed by atoms with Crippen LogP contribution in [0.4, 0.5) is 13.2 Å². The van der Waals surface area contributed by atoms with Crippen LogP contribution in [0.3, 0.4) is 0 Å². The Labute approximate surface area is 52.4 Å². The van der Waals surface area contributed by atoms with E-state index in [1.54, 1.807) is 0 Å². The van der Waals surface area contributed by atoms with Crippen LogP contribution in [0.1, 0.15) is 20.8 Å². The predicted molar refractivity (Wildman–Crippen MR) is 30.1 cm³/mol. The molecule has 0 aromatic rings. The topological polar surface area (TPSA) is 0 Å². The van der Waals surface area contributed by atoms with Gasteiger partial charge in [-0.25, -0.2) is 0 Å². The van der Waals surface area contributed by atoms with E-state index in [4.69, 9.17) is 0 Å². The van der Waals surface area contributed by atoms with Gasteiger partial charge in [0.2, 0.25) is 0 Å². The zero-order chi connectivity index (χ0) is 7.65. The highest BCUT2D eigenvalue weighted by Crippen LogP contribution is 2.26. The second-order valence-electron chi connectivity index (χ2n) is 2.12. The first kappa shape index (κ1) is 8.53. The molecule has 0 aliphatic heterocycles. The van der Waals surface area contributed by atoms with Crippen molar-refractivity contribution in [3.8, 4) is 0 Å². The van der Waals surface area contributed by atoms with Gasteiger partial charge in [-0.1, -0.05) is 5.57 Å². The van der Waals surface area contributed by atoms with E-state index in [-0.39, 0.29) is 0 Å². The van der Waals surface area contributed by atoms with Crippen molar-refractivity contribution in [1.82, 2.24) is 0 Å². The molecule has 0 spiro atoms. The molecule has 0 aromatic carbocycles. The standard InChI is InChI=1S/C6H9F3/c1-4(2)5(3)6(7,8)9/h1-3H3. The van der Waals surface area contributed by atoms with E-state index in [2.05, 4.69) is 0 Å². The molecule has 0 heterocycles. The smallest absolute Gasteiger partial charge is 0.166 e. The maximum atomic E-state index is 11.6. The van der Waals surface area contributed by atoms with Crippen LogP contribution >= 0.6 is 0 Å². The molecule has 3 heteroatoms. The highest BCUT2D eigenvalue weighted by atomic mass is 19.4. The highest BCUT2D eigenvalue weighted by Gasteiger charge is 2.30. The van der Waals surface area contributed by atoms with Crippen LogP contribution in [0.25, 0.3) is 0 Å². The second kappa shape index (κ2) is 2.42. The zero-order valence-corrected chi connectivity index (χ0v) is 5.63. The molecule has 0 aliphatic rings. The first-order chi connectivity index (χ1) is 3.85. The Bertz CT molecular complexity index is 126. The average Bonchev–Trinajstić information content (AvgIpc) is 1.62. The van der Waals surface area contributed by atoms with E-state index < -0.39 is 11.7 Å². The summed E-state index contributed by atoms with van der Waals surface area (Å²) in [5.41, 5.74) is -0.176. The minimum atomic E-state index is -4.14. The van der Waals surface area contributed by atoms with Crippen molar-refractivity contribution in [3.63, 3.8) is 0 Å². The number of hydrogen-bond donors (Lipinski definition) is 0. The van der Waals surface area contributed by atoms with Crippen molar-refractivity contribution >= 4 is 0 Å². The first-order valence-electron chi connectivity index (χ1n) is 2.57. The summed E-state index contributed by atoms with van der Waals surface area (Å²) < 4.78 is 34.9. The van der Waals surface area contributed by atoms with Gasteiger partial charge in [0.1, 0.15) is 0 Å². The van der Waals surface area contributed by atoms with Gasteiger partial charge < -0.3 is 0 Å². The summed E-state index contributed by atoms with van der Waals surface area (Å²) in [6.07, 6.45) is -4.14. The summed E-state index contributed by atoms with van der Waals surface area (Å²) in [5.74, 6) is 0. The van der Waals surface area contributed by atoms with Crippen molar-refractivity contribution in [2.75, 3.05) is 0 Å². The Kier molecular flexibility index (Phi) is 2.29. The van der Waals surface area contributed by atoms with E-state index >= 15 is 0 Å². The van der Waals surface area contributed by atoms with Crippen molar-refractivity contribution in [1.29, 1.82) is 0 Å². The molecule has 0 bridgehead atoms. The Hall–Kier alpha value is -0.470. The fourth-order valence-corrected chi connectivity index (χ4v) is 0.283. The van der Waals surface area contributed by atoms with Gasteiger partial charge in [-0.2, -0.15) is 13.2 Å². The molecule has 9 heavy (non-hydrogen) atoms. The summed E-state index contributed by atoms with van der Waals surface area (Å²) in [6.45, 7) is 3.97. The molecule has 0 rings (SSSR count). The van der Waals surface area contributed by atoms with Crippen LogP contribution in [0.5, 0.6) is 0 Å². The van der Waals surface area contributed by atoms with Gasteiger partial charge in [-0.15, -0.1) is 0 Å². The Balaban J connectivity index is 4.40. The molecule has 0 unspecified atom stereocenters. The average molecular weight is 138 g/mol. The SMILES string of the molecule is CC(C)=C(C)C(F)(F)F. The summed E-state index contributed by atoms with van der Waals surface area (Å²) in [4.78, 5) is 0. The number of allylic oxidation sites excluding steroid dienone is 2. The van der Waals surface area contributed by atoms with Crippen molar-refractivity contribution in [3.05, 3.63) is 11.1 Å². The van der Waals surface area contributed by atoms with Crippen LogP contribution in [-0.2, 0) is 0 Å². The molecule has 0 fully saturated rings. The Morgan fingerprint density at radius 3 is 1.33 bits per heavy atom. The molecule has 0 saturated carbocycles. The number of hydrogen-bond acceptors (Lipinski definition) is 0. The highest BCUT2D eigenvalue weighted by molar-refractivity contribution is 5.11. The lowest BCUT2D eigenvalue weighted by Gasteiger charge is -2.07. The van der Waals surface area contributed by atoms with E-state index in [1.807, 2.05) is 0 Å². The first-order valence-corrected chi connectivity index (χ1v) is 2.57. The minimum Gasteiger partial charge on any atom is -0.166 e. The summed E-state index contributed by atoms with van der Waals surface area (Å²) in [5, 5.41) is 0. The second-order valence-corrected chi connectivity index (χ2v) is 2.12. The third-order valence-corrected chi connectivity index (χ3v) is 1.18. The monoisotopic (exact) mass is 138 g/mol. The van der Waals surface area contributed by atoms with Gasteiger partial charge in [-0.3, -0.25) is 0 Å². The third-order valence-electron chi connectivity index (χ3n) is 1.18. The maximum absolute atomic E-state index is 11.6. The molecule has 0 atom stereocenters. The van der Waals surface area contributed by atoms with Crippen LogP contribution in [0, 0.1) is 0 Å². The number of rotatable bonds is 0. The largest absolute Gasteiger partial charge is 0.412 e. The molecular formula is C6H9F3. The van der Waals surface area contributed by atoms with Gasteiger partial charge in [-0.05, 0) is 20.8 Å². The number of alkyl halides is 3. The molecule has 0 amide bonds. The van der Waals surface area contributed by atoms with Crippen molar-refractivity contribution < 1.29 is 13.2 Å². The van der Waals surface area contributed by atoms with Crippen LogP contribution < -0.4 is 0 Å². The van der Waals surface area contributed by atoms with Gasteiger partial charge in [0.25, 0.3) is 0 Å². The lowest BCUT2D eigenvalue weighted by Crippen LogP contribution is -2.09. The summed E-state index contributed by atoms with van der Waals surface area (Å²) >= 11 is 0. The maximum Gasteiger partial charge on any atom is 0.412 e. The molecule has 54 valence electrons. The molecule has 0 aromatic heterocycles. The van der Waals surface area contributed by atoms with E-state index in [0.717, 1.165) is 6.92 Å². The third kappa shape index (κ3) is 2.54. The van der Waals surface area contributed by atoms with E-state index in [0.29, 0.717) is 5.57 Å². The van der Waals surface area contributed by atoms with Crippen LogP contribution in [0.15, 0.2) is 11.1 Å². The molecule has 0 N–H and O–H groups in total. The normalized spacial score (nSPS) is 11.3. The fraction of sp³-hybridized carbons (Fsp3) is 0.667. The molecule has 0 nitrogen and oxygen atoms in total. The lowest BCUT2D eigenvalue weighted by molar-refractivity contribution is -0.0921. The Morgan fingerprint density at radius 2 is 1.33 bits per heavy atom. The fourth-order valence-electron chi connectivity index (χ4n) is 0.283. The molecule has 0 radical (unpaired) electrons. The summed E-state index contributed by atoms with van der Waals surface area (Å²) in [7, 11) is 0. The predicted octanol–water partition coefficient (Wildman–Crippen LogP) is 2.91. The van der Waals surface area contributed by atoms with Crippen molar-refractivity contribution in [2.45, 2.75) is 26.9 Å². The van der Waals surface area contributed by atoms with Gasteiger partial charge in [0.05, 0.1) is 0 Å². The number of halogens is 3. The lowest BCUT2D eigenvalue weighted by atomic mass is 10.2. The van der Waals surface area contributed by atoms with E-state index in [1.165, 1.54) is 13.8 Å². The van der Waals surface area contributed by atoms with Crippen LogP contribution in [0.2, 0.25) is 0 Å². The van der Waals surface area contributed by atoms with Crippen molar-refractivity contribution in [2.24, 2.45) is 0 Å². The molecule has 0 saturated heterocycles. The van der Waals surface area contributed by atoms with Gasteiger partial charge in [0.15, 0.2) is 0 Å². The van der Waals surface area contributed by atoms with E-state index in [9.17, 15) is 13.2 Å². The molecular weight excluding hydrogens is 129 g/mol. The Morgan fingerprint density at radius 1 is 1.00 bits per heavy atom. The van der Waals surface area contributed by atoms with Gasteiger partial charge >= 0.3 is 6.18 Å². The summed E-state index contributed by atoms with van der Waals surface area (Å²) in [6, 6.07) is 0. The quantitative estimate of drug-likeness (QED) is 0.451. The zero-order valence-electron chi connectivity index (χ0n) is 5.63. The molecule has 0 aliphatic carbocycles. The van der Waals surface area contributed by atoms with Crippen LogP contribution in [-0.4, -0.2) is 6.18 Å².